The number of nitrogens with two attached hydrogens (primary N) is 1. The second-order valence-electron chi connectivity index (χ2n) is 6.37. The van der Waals surface area contributed by atoms with E-state index < -0.39 is 5.54 Å². The predicted octanol–water partition coefficient (Wildman–Crippen LogP) is 4.59. The summed E-state index contributed by atoms with van der Waals surface area (Å²) in [6, 6.07) is 10.3. The van der Waals surface area contributed by atoms with Crippen molar-refractivity contribution in [3.05, 3.63) is 69.8 Å². The van der Waals surface area contributed by atoms with Crippen molar-refractivity contribution in [2.45, 2.75) is 31.2 Å². The first-order valence-corrected chi connectivity index (χ1v) is 9.17. The van der Waals surface area contributed by atoms with E-state index in [-0.39, 0.29) is 5.82 Å². The summed E-state index contributed by atoms with van der Waals surface area (Å²) in [6.07, 6.45) is 5.86. The molecule has 3 aromatic rings. The molecule has 0 radical (unpaired) electrons. The highest BCUT2D eigenvalue weighted by Crippen LogP contribution is 2.36. The third-order valence-electron chi connectivity index (χ3n) is 4.57. The Morgan fingerprint density at radius 2 is 1.96 bits per heavy atom. The van der Waals surface area contributed by atoms with E-state index >= 15 is 0 Å². The number of rotatable bonds is 4. The van der Waals surface area contributed by atoms with Crippen molar-refractivity contribution in [1.29, 1.82) is 0 Å². The van der Waals surface area contributed by atoms with Crippen LogP contribution in [-0.4, -0.2) is 10.1 Å². The lowest BCUT2D eigenvalue weighted by Crippen LogP contribution is -2.34. The van der Waals surface area contributed by atoms with Gasteiger partial charge in [-0.25, -0.2) is 4.39 Å². The van der Waals surface area contributed by atoms with Crippen LogP contribution in [0.1, 0.15) is 47.8 Å². The van der Waals surface area contributed by atoms with Gasteiger partial charge in [-0.15, -0.1) is 11.3 Å². The zero-order valence-corrected chi connectivity index (χ0v) is 14.4. The molecular formula is C19H18FN3OS. The zero-order chi connectivity index (χ0) is 17.3. The molecule has 25 heavy (non-hydrogen) atoms. The highest BCUT2D eigenvalue weighted by molar-refractivity contribution is 7.11. The van der Waals surface area contributed by atoms with Gasteiger partial charge >= 0.3 is 0 Å². The second-order valence-corrected chi connectivity index (χ2v) is 7.32. The van der Waals surface area contributed by atoms with Gasteiger partial charge in [0.2, 0.25) is 0 Å². The molecule has 1 aliphatic carbocycles. The van der Waals surface area contributed by atoms with Crippen LogP contribution in [0.25, 0.3) is 11.6 Å². The largest absolute Gasteiger partial charge is 0.334 e. The molecule has 4 nitrogen and oxygen atoms in total. The van der Waals surface area contributed by atoms with E-state index in [1.165, 1.54) is 12.1 Å². The molecule has 0 atom stereocenters. The van der Waals surface area contributed by atoms with Crippen LogP contribution in [0.5, 0.6) is 0 Å². The Morgan fingerprint density at radius 1 is 1.20 bits per heavy atom. The third kappa shape index (κ3) is 3.27. The molecule has 4 rings (SSSR count). The van der Waals surface area contributed by atoms with Gasteiger partial charge in [0, 0.05) is 4.88 Å². The first-order valence-electron chi connectivity index (χ1n) is 8.29. The predicted molar refractivity (Wildman–Crippen MR) is 96.3 cm³/mol. The first-order chi connectivity index (χ1) is 12.1. The fraction of sp³-hybridized carbons (Fsp3) is 0.263. The van der Waals surface area contributed by atoms with Gasteiger partial charge in [-0.1, -0.05) is 36.2 Å². The van der Waals surface area contributed by atoms with Gasteiger partial charge in [0.25, 0.3) is 5.89 Å². The van der Waals surface area contributed by atoms with Gasteiger partial charge < -0.3 is 10.3 Å². The van der Waals surface area contributed by atoms with Crippen LogP contribution in [0.2, 0.25) is 0 Å². The molecule has 0 aliphatic heterocycles. The minimum absolute atomic E-state index is 0.263. The fourth-order valence-electron chi connectivity index (χ4n) is 3.16. The Bertz CT molecular complexity index is 878. The smallest absolute Gasteiger partial charge is 0.259 e. The topological polar surface area (TPSA) is 64.9 Å². The summed E-state index contributed by atoms with van der Waals surface area (Å²) in [4.78, 5) is 5.61. The Hall–Kier alpha value is -2.31. The SMILES string of the molecule is NC1(c2noc(/C(=C/c3ccc(F)cc3)c3cccs3)n2)CCCC1. The molecule has 0 amide bonds. The molecule has 1 aliphatic rings. The molecule has 128 valence electrons. The Balaban J connectivity index is 1.74. The average Bonchev–Trinajstić information content (AvgIpc) is 3.36. The lowest BCUT2D eigenvalue weighted by molar-refractivity contribution is 0.363. The molecule has 1 saturated carbocycles. The van der Waals surface area contributed by atoms with Gasteiger partial charge in [-0.2, -0.15) is 4.98 Å². The average molecular weight is 355 g/mol. The maximum atomic E-state index is 13.2. The van der Waals surface area contributed by atoms with Crippen molar-refractivity contribution in [2.24, 2.45) is 5.73 Å². The molecule has 0 spiro atoms. The molecule has 2 heterocycles. The molecule has 0 saturated heterocycles. The van der Waals surface area contributed by atoms with Crippen molar-refractivity contribution < 1.29 is 8.91 Å². The van der Waals surface area contributed by atoms with E-state index in [1.807, 2.05) is 23.6 Å². The van der Waals surface area contributed by atoms with Crippen LogP contribution in [0.3, 0.4) is 0 Å². The number of nitrogens with zero attached hydrogens (tertiary/aromatic N) is 2. The van der Waals surface area contributed by atoms with Gasteiger partial charge in [0.05, 0.1) is 11.1 Å². The molecule has 6 heteroatoms. The number of aromatic nitrogens is 2. The summed E-state index contributed by atoms with van der Waals surface area (Å²) in [5, 5.41) is 6.14. The van der Waals surface area contributed by atoms with Crippen LogP contribution in [0.4, 0.5) is 4.39 Å². The van der Waals surface area contributed by atoms with Gasteiger partial charge in [0.15, 0.2) is 5.82 Å². The summed E-state index contributed by atoms with van der Waals surface area (Å²) in [7, 11) is 0. The molecule has 2 aromatic heterocycles. The van der Waals surface area contributed by atoms with E-state index in [4.69, 9.17) is 10.3 Å². The maximum Gasteiger partial charge on any atom is 0.259 e. The van der Waals surface area contributed by atoms with Crippen LogP contribution in [0.15, 0.2) is 46.3 Å². The molecule has 0 unspecified atom stereocenters. The molecule has 0 bridgehead atoms. The summed E-state index contributed by atoms with van der Waals surface area (Å²) < 4.78 is 18.7. The second kappa shape index (κ2) is 6.54. The zero-order valence-electron chi connectivity index (χ0n) is 13.6. The molecular weight excluding hydrogens is 337 g/mol. The fourth-order valence-corrected chi connectivity index (χ4v) is 3.89. The Morgan fingerprint density at radius 3 is 2.64 bits per heavy atom. The highest BCUT2D eigenvalue weighted by atomic mass is 32.1. The van der Waals surface area contributed by atoms with Gasteiger partial charge in [0.1, 0.15) is 5.82 Å². The van der Waals surface area contributed by atoms with Crippen molar-refractivity contribution in [2.75, 3.05) is 0 Å². The van der Waals surface area contributed by atoms with Crippen molar-refractivity contribution in [3.8, 4) is 0 Å². The third-order valence-corrected chi connectivity index (χ3v) is 5.47. The maximum absolute atomic E-state index is 13.2. The lowest BCUT2D eigenvalue weighted by atomic mass is 9.98. The summed E-state index contributed by atoms with van der Waals surface area (Å²) in [6.45, 7) is 0. The normalized spacial score (nSPS) is 17.1. The molecule has 1 fully saturated rings. The van der Waals surface area contributed by atoms with Crippen molar-refractivity contribution in [3.63, 3.8) is 0 Å². The monoisotopic (exact) mass is 355 g/mol. The quantitative estimate of drug-likeness (QED) is 0.743. The van der Waals surface area contributed by atoms with Gasteiger partial charge in [-0.05, 0) is 48.1 Å². The van der Waals surface area contributed by atoms with Crippen LogP contribution < -0.4 is 5.73 Å². The standard InChI is InChI=1S/C19H18FN3OS/c20-14-7-5-13(6-8-14)12-15(16-4-3-11-25-16)17-22-18(23-24-17)19(21)9-1-2-10-19/h3-8,11-12H,1-2,9-10,21H2/b15-12+. The Kier molecular flexibility index (Phi) is 4.23. The van der Waals surface area contributed by atoms with Crippen molar-refractivity contribution >= 4 is 23.0 Å². The van der Waals surface area contributed by atoms with E-state index in [0.29, 0.717) is 11.7 Å². The highest BCUT2D eigenvalue weighted by Gasteiger charge is 2.36. The molecule has 1 aromatic carbocycles. The number of hydrogen-bond donors (Lipinski definition) is 1. The minimum Gasteiger partial charge on any atom is -0.334 e. The minimum atomic E-state index is -0.488. The van der Waals surface area contributed by atoms with Crippen LogP contribution >= 0.6 is 11.3 Å². The summed E-state index contributed by atoms with van der Waals surface area (Å²) in [5.41, 5.74) is 7.64. The summed E-state index contributed by atoms with van der Waals surface area (Å²) >= 11 is 1.59. The lowest BCUT2D eigenvalue weighted by Gasteiger charge is -2.17. The van der Waals surface area contributed by atoms with Gasteiger partial charge in [-0.3, -0.25) is 0 Å². The number of halogens is 1. The van der Waals surface area contributed by atoms with E-state index in [1.54, 1.807) is 23.5 Å². The number of hydrogen-bond acceptors (Lipinski definition) is 5. The number of benzene rings is 1. The van der Waals surface area contributed by atoms with Crippen molar-refractivity contribution in [1.82, 2.24) is 10.1 Å². The first kappa shape index (κ1) is 16.2. The van der Waals surface area contributed by atoms with E-state index in [2.05, 4.69) is 10.1 Å². The van der Waals surface area contributed by atoms with E-state index in [9.17, 15) is 4.39 Å². The van der Waals surface area contributed by atoms with Crippen LogP contribution in [-0.2, 0) is 5.54 Å². The molecule has 2 N–H and O–H groups in total. The number of thiophene rings is 1. The van der Waals surface area contributed by atoms with Crippen LogP contribution in [0, 0.1) is 5.82 Å². The Labute approximate surface area is 149 Å². The van der Waals surface area contributed by atoms with E-state index in [0.717, 1.165) is 41.7 Å². The summed E-state index contributed by atoms with van der Waals surface area (Å²) in [5.74, 6) is 0.751.